The average Bonchev–Trinajstić information content (AvgIpc) is 2.90. The smallest absolute Gasteiger partial charge is 0.273 e. The Labute approximate surface area is 115 Å². The van der Waals surface area contributed by atoms with Crippen LogP contribution in [0, 0.1) is 17.0 Å². The van der Waals surface area contributed by atoms with E-state index in [1.54, 1.807) is 32.4 Å². The van der Waals surface area contributed by atoms with E-state index in [4.69, 9.17) is 0 Å². The van der Waals surface area contributed by atoms with Crippen molar-refractivity contribution < 1.29 is 9.72 Å². The van der Waals surface area contributed by atoms with Gasteiger partial charge in [-0.2, -0.15) is 0 Å². The molecule has 104 valence electrons. The van der Waals surface area contributed by atoms with Crippen LogP contribution in [-0.4, -0.2) is 32.7 Å². The lowest BCUT2D eigenvalue weighted by Crippen LogP contribution is -2.27. The Morgan fingerprint density at radius 2 is 2.25 bits per heavy atom. The Kier molecular flexibility index (Phi) is 3.79. The van der Waals surface area contributed by atoms with E-state index in [9.17, 15) is 14.9 Å². The van der Waals surface area contributed by atoms with E-state index in [1.165, 1.54) is 17.0 Å². The minimum absolute atomic E-state index is 0.0535. The van der Waals surface area contributed by atoms with Crippen LogP contribution in [0.3, 0.4) is 0 Å². The summed E-state index contributed by atoms with van der Waals surface area (Å²) in [6.45, 7) is 1.89. The van der Waals surface area contributed by atoms with Crippen molar-refractivity contribution in [2.45, 2.75) is 13.5 Å². The monoisotopic (exact) mass is 274 g/mol. The molecule has 0 saturated carbocycles. The SMILES string of the molecule is Cc1c(C(=O)N(C)Cc2ncc[nH]2)cccc1[N+](=O)[O-]. The number of aromatic amines is 1. The van der Waals surface area contributed by atoms with Crippen molar-refractivity contribution in [3.8, 4) is 0 Å². The molecule has 1 aromatic heterocycles. The molecule has 7 heteroatoms. The number of nitrogens with one attached hydrogen (secondary N) is 1. The Morgan fingerprint density at radius 1 is 1.50 bits per heavy atom. The Balaban J connectivity index is 2.25. The summed E-state index contributed by atoms with van der Waals surface area (Å²) in [6.07, 6.45) is 3.28. The molecule has 1 amide bonds. The number of benzene rings is 1. The molecular weight excluding hydrogens is 260 g/mol. The van der Waals surface area contributed by atoms with Gasteiger partial charge in [0.05, 0.1) is 11.5 Å². The number of nitro groups is 1. The van der Waals surface area contributed by atoms with Crippen LogP contribution in [0.25, 0.3) is 0 Å². The van der Waals surface area contributed by atoms with Crippen LogP contribution in [0.5, 0.6) is 0 Å². The number of hydrogen-bond acceptors (Lipinski definition) is 4. The number of H-pyrrole nitrogens is 1. The van der Waals surface area contributed by atoms with E-state index >= 15 is 0 Å². The number of imidazole rings is 1. The normalized spacial score (nSPS) is 10.3. The zero-order valence-electron chi connectivity index (χ0n) is 11.2. The Bertz CT molecular complexity index is 637. The molecule has 0 atom stereocenters. The van der Waals surface area contributed by atoms with Crippen LogP contribution in [-0.2, 0) is 6.54 Å². The number of rotatable bonds is 4. The van der Waals surface area contributed by atoms with Gasteiger partial charge in [-0.25, -0.2) is 4.98 Å². The third-order valence-corrected chi connectivity index (χ3v) is 3.02. The van der Waals surface area contributed by atoms with Crippen molar-refractivity contribution in [2.75, 3.05) is 7.05 Å². The van der Waals surface area contributed by atoms with Gasteiger partial charge in [0.15, 0.2) is 0 Å². The van der Waals surface area contributed by atoms with Crippen LogP contribution in [0.2, 0.25) is 0 Å². The maximum Gasteiger partial charge on any atom is 0.273 e. The van der Waals surface area contributed by atoms with Crippen molar-refractivity contribution in [3.05, 3.63) is 57.7 Å². The van der Waals surface area contributed by atoms with Gasteiger partial charge in [0.1, 0.15) is 5.82 Å². The van der Waals surface area contributed by atoms with Gasteiger partial charge in [0.2, 0.25) is 0 Å². The average molecular weight is 274 g/mol. The Morgan fingerprint density at radius 3 is 2.85 bits per heavy atom. The van der Waals surface area contributed by atoms with E-state index in [0.29, 0.717) is 23.5 Å². The minimum Gasteiger partial charge on any atom is -0.347 e. The summed E-state index contributed by atoms with van der Waals surface area (Å²) in [5.41, 5.74) is 0.643. The number of carbonyl (C=O) groups excluding carboxylic acids is 1. The van der Waals surface area contributed by atoms with Gasteiger partial charge in [-0.1, -0.05) is 6.07 Å². The molecule has 0 aliphatic carbocycles. The van der Waals surface area contributed by atoms with Crippen molar-refractivity contribution >= 4 is 11.6 Å². The maximum atomic E-state index is 12.3. The molecule has 1 heterocycles. The third-order valence-electron chi connectivity index (χ3n) is 3.02. The first-order valence-electron chi connectivity index (χ1n) is 5.98. The molecule has 0 bridgehead atoms. The topological polar surface area (TPSA) is 92.1 Å². The van der Waals surface area contributed by atoms with Crippen molar-refractivity contribution in [1.29, 1.82) is 0 Å². The van der Waals surface area contributed by atoms with Gasteiger partial charge in [-0.3, -0.25) is 14.9 Å². The highest BCUT2D eigenvalue weighted by molar-refractivity contribution is 5.96. The fourth-order valence-electron chi connectivity index (χ4n) is 1.94. The first kappa shape index (κ1) is 13.7. The fraction of sp³-hybridized carbons (Fsp3) is 0.231. The van der Waals surface area contributed by atoms with E-state index in [2.05, 4.69) is 9.97 Å². The second kappa shape index (κ2) is 5.52. The van der Waals surface area contributed by atoms with Crippen LogP contribution in [0.15, 0.2) is 30.6 Å². The van der Waals surface area contributed by atoms with E-state index in [0.717, 1.165) is 0 Å². The highest BCUT2D eigenvalue weighted by Gasteiger charge is 2.20. The van der Waals surface area contributed by atoms with E-state index < -0.39 is 4.92 Å². The molecule has 0 unspecified atom stereocenters. The summed E-state index contributed by atoms with van der Waals surface area (Å²) >= 11 is 0. The highest BCUT2D eigenvalue weighted by atomic mass is 16.6. The lowest BCUT2D eigenvalue weighted by atomic mass is 10.1. The number of nitrogens with zero attached hydrogens (tertiary/aromatic N) is 3. The highest BCUT2D eigenvalue weighted by Crippen LogP contribution is 2.22. The summed E-state index contributed by atoms with van der Waals surface area (Å²) in [5.74, 6) is 0.381. The second-order valence-corrected chi connectivity index (χ2v) is 4.40. The molecule has 0 spiro atoms. The van der Waals surface area contributed by atoms with Gasteiger partial charge in [-0.05, 0) is 13.0 Å². The molecule has 0 aliphatic rings. The van der Waals surface area contributed by atoms with Gasteiger partial charge in [-0.15, -0.1) is 0 Å². The summed E-state index contributed by atoms with van der Waals surface area (Å²) in [5, 5.41) is 10.9. The summed E-state index contributed by atoms with van der Waals surface area (Å²) in [6, 6.07) is 4.49. The molecule has 2 rings (SSSR count). The molecule has 0 fully saturated rings. The quantitative estimate of drug-likeness (QED) is 0.680. The van der Waals surface area contributed by atoms with E-state index in [-0.39, 0.29) is 11.6 Å². The Hall–Kier alpha value is -2.70. The zero-order chi connectivity index (χ0) is 14.7. The third kappa shape index (κ3) is 2.66. The molecular formula is C13H14N4O3. The molecule has 1 aromatic carbocycles. The lowest BCUT2D eigenvalue weighted by molar-refractivity contribution is -0.385. The molecule has 7 nitrogen and oxygen atoms in total. The molecule has 0 radical (unpaired) electrons. The molecule has 2 aromatic rings. The summed E-state index contributed by atoms with van der Waals surface area (Å²) < 4.78 is 0. The van der Waals surface area contributed by atoms with Crippen LogP contribution < -0.4 is 0 Å². The standard InChI is InChI=1S/C13H14N4O3/c1-9-10(4-3-5-11(9)17(19)20)13(18)16(2)8-12-14-6-7-15-12/h3-7H,8H2,1-2H3,(H,14,15). The van der Waals surface area contributed by atoms with Crippen LogP contribution in [0.1, 0.15) is 21.7 Å². The van der Waals surface area contributed by atoms with Gasteiger partial charge >= 0.3 is 0 Å². The van der Waals surface area contributed by atoms with Crippen molar-refractivity contribution in [3.63, 3.8) is 0 Å². The predicted molar refractivity (Wildman–Crippen MR) is 72.2 cm³/mol. The molecule has 1 N–H and O–H groups in total. The second-order valence-electron chi connectivity index (χ2n) is 4.40. The summed E-state index contributed by atoms with van der Waals surface area (Å²) in [7, 11) is 1.63. The van der Waals surface area contributed by atoms with Crippen LogP contribution >= 0.6 is 0 Å². The number of nitro benzene ring substituents is 1. The largest absolute Gasteiger partial charge is 0.347 e. The lowest BCUT2D eigenvalue weighted by Gasteiger charge is -2.17. The molecule has 20 heavy (non-hydrogen) atoms. The predicted octanol–water partition coefficient (Wildman–Crippen LogP) is 1.90. The van der Waals surface area contributed by atoms with Gasteiger partial charge in [0.25, 0.3) is 11.6 Å². The number of hydrogen-bond donors (Lipinski definition) is 1. The van der Waals surface area contributed by atoms with Crippen molar-refractivity contribution in [1.82, 2.24) is 14.9 Å². The number of aromatic nitrogens is 2. The first-order chi connectivity index (χ1) is 9.50. The summed E-state index contributed by atoms with van der Waals surface area (Å²) in [4.78, 5) is 31.1. The minimum atomic E-state index is -0.487. The fourth-order valence-corrected chi connectivity index (χ4v) is 1.94. The number of amides is 1. The molecule has 0 aliphatic heterocycles. The first-order valence-corrected chi connectivity index (χ1v) is 5.98. The molecule has 0 saturated heterocycles. The maximum absolute atomic E-state index is 12.3. The van der Waals surface area contributed by atoms with Crippen molar-refractivity contribution in [2.24, 2.45) is 0 Å². The number of carbonyl (C=O) groups is 1. The van der Waals surface area contributed by atoms with Crippen LogP contribution in [0.4, 0.5) is 5.69 Å². The van der Waals surface area contributed by atoms with E-state index in [1.807, 2.05) is 0 Å². The van der Waals surface area contributed by atoms with Gasteiger partial charge in [0, 0.05) is 36.6 Å². The van der Waals surface area contributed by atoms with Gasteiger partial charge < -0.3 is 9.88 Å². The zero-order valence-corrected chi connectivity index (χ0v) is 11.2.